The van der Waals surface area contributed by atoms with Crippen molar-refractivity contribution >= 4 is 22.9 Å². The highest BCUT2D eigenvalue weighted by Gasteiger charge is 2.14. The minimum Gasteiger partial charge on any atom is -0.493 e. The lowest BCUT2D eigenvalue weighted by molar-refractivity contribution is 0.454. The lowest BCUT2D eigenvalue weighted by Gasteiger charge is -2.06. The summed E-state index contributed by atoms with van der Waals surface area (Å²) in [6, 6.07) is 10.8. The van der Waals surface area contributed by atoms with E-state index in [1.807, 2.05) is 25.1 Å². The number of thiophene rings is 1. The Morgan fingerprint density at radius 3 is 2.71 bits per heavy atom. The molecule has 0 spiro atoms. The second-order valence-electron chi connectivity index (χ2n) is 4.59. The maximum absolute atomic E-state index is 12.3. The van der Waals surface area contributed by atoms with Crippen molar-refractivity contribution in [2.75, 3.05) is 0 Å². The number of hydrogen-bond acceptors (Lipinski definition) is 4. The van der Waals surface area contributed by atoms with E-state index in [4.69, 9.17) is 11.6 Å². The molecule has 1 aromatic carbocycles. The first-order valence-corrected chi connectivity index (χ1v) is 7.40. The van der Waals surface area contributed by atoms with E-state index in [0.29, 0.717) is 20.6 Å². The van der Waals surface area contributed by atoms with Crippen molar-refractivity contribution in [3.63, 3.8) is 0 Å². The average molecular weight is 319 g/mol. The van der Waals surface area contributed by atoms with Gasteiger partial charge >= 0.3 is 0 Å². The van der Waals surface area contributed by atoms with E-state index >= 15 is 0 Å². The van der Waals surface area contributed by atoms with E-state index in [9.17, 15) is 9.90 Å². The molecule has 0 unspecified atom stereocenters. The molecule has 0 fully saturated rings. The van der Waals surface area contributed by atoms with Gasteiger partial charge in [0, 0.05) is 0 Å². The Morgan fingerprint density at radius 1 is 1.29 bits per heavy atom. The number of benzene rings is 1. The summed E-state index contributed by atoms with van der Waals surface area (Å²) in [7, 11) is 0. The zero-order chi connectivity index (χ0) is 15.0. The number of halogens is 1. The Bertz CT molecular complexity index is 870. The highest BCUT2D eigenvalue weighted by molar-refractivity contribution is 7.19. The topological polar surface area (TPSA) is 66.0 Å². The molecule has 0 bridgehead atoms. The maximum Gasteiger partial charge on any atom is 0.262 e. The first-order chi connectivity index (χ1) is 10.0. The molecule has 0 atom stereocenters. The van der Waals surface area contributed by atoms with E-state index in [2.05, 4.69) is 9.97 Å². The molecule has 0 aliphatic carbocycles. The number of aromatic hydroxyl groups is 1. The molecule has 3 aromatic rings. The monoisotopic (exact) mass is 318 g/mol. The van der Waals surface area contributed by atoms with E-state index < -0.39 is 0 Å². The first-order valence-electron chi connectivity index (χ1n) is 6.20. The lowest BCUT2D eigenvalue weighted by atomic mass is 10.1. The van der Waals surface area contributed by atoms with E-state index in [1.165, 1.54) is 11.3 Å². The van der Waals surface area contributed by atoms with Gasteiger partial charge in [-0.1, -0.05) is 41.4 Å². The van der Waals surface area contributed by atoms with Crippen molar-refractivity contribution in [1.82, 2.24) is 9.97 Å². The van der Waals surface area contributed by atoms with Crippen molar-refractivity contribution in [2.45, 2.75) is 6.92 Å². The second kappa shape index (κ2) is 5.35. The van der Waals surface area contributed by atoms with Crippen LogP contribution in [0, 0.1) is 6.92 Å². The Kier molecular flexibility index (Phi) is 3.53. The average Bonchev–Trinajstić information content (AvgIpc) is 2.85. The van der Waals surface area contributed by atoms with Crippen LogP contribution >= 0.6 is 22.9 Å². The van der Waals surface area contributed by atoms with Crippen molar-refractivity contribution in [3.05, 3.63) is 56.7 Å². The molecular weight excluding hydrogens is 308 g/mol. The molecule has 2 aromatic heterocycles. The van der Waals surface area contributed by atoms with E-state index in [-0.39, 0.29) is 17.0 Å². The van der Waals surface area contributed by atoms with Crippen LogP contribution in [-0.2, 0) is 0 Å². The molecule has 6 heteroatoms. The number of aromatic amines is 1. The van der Waals surface area contributed by atoms with Crippen LogP contribution in [0.1, 0.15) is 5.56 Å². The Labute approximate surface area is 129 Å². The predicted octanol–water partition coefficient (Wildman–Crippen LogP) is 3.83. The molecule has 0 saturated carbocycles. The zero-order valence-corrected chi connectivity index (χ0v) is 12.6. The van der Waals surface area contributed by atoms with Gasteiger partial charge in [0.1, 0.15) is 5.56 Å². The molecule has 21 heavy (non-hydrogen) atoms. The van der Waals surface area contributed by atoms with Crippen molar-refractivity contribution < 1.29 is 5.11 Å². The van der Waals surface area contributed by atoms with Gasteiger partial charge in [-0.05, 0) is 24.6 Å². The molecule has 0 saturated heterocycles. The highest BCUT2D eigenvalue weighted by atomic mass is 35.5. The van der Waals surface area contributed by atoms with Gasteiger partial charge in [-0.3, -0.25) is 4.79 Å². The van der Waals surface area contributed by atoms with Crippen LogP contribution in [-0.4, -0.2) is 15.1 Å². The molecule has 0 aliphatic rings. The summed E-state index contributed by atoms with van der Waals surface area (Å²) in [6.45, 7) is 1.92. The first kappa shape index (κ1) is 13.9. The highest BCUT2D eigenvalue weighted by Crippen LogP contribution is 2.31. The van der Waals surface area contributed by atoms with Crippen LogP contribution in [0.2, 0.25) is 4.34 Å². The largest absolute Gasteiger partial charge is 0.493 e. The number of aromatic nitrogens is 2. The van der Waals surface area contributed by atoms with E-state index in [1.54, 1.807) is 18.2 Å². The summed E-state index contributed by atoms with van der Waals surface area (Å²) < 4.78 is 0.592. The Morgan fingerprint density at radius 2 is 2.10 bits per heavy atom. The number of rotatable bonds is 2. The second-order valence-corrected chi connectivity index (χ2v) is 6.30. The predicted molar refractivity (Wildman–Crippen MR) is 85.0 cm³/mol. The summed E-state index contributed by atoms with van der Waals surface area (Å²) in [6.07, 6.45) is 0. The molecule has 0 radical (unpaired) electrons. The van der Waals surface area contributed by atoms with Crippen molar-refractivity contribution in [2.24, 2.45) is 0 Å². The quantitative estimate of drug-likeness (QED) is 0.754. The number of nitrogens with one attached hydrogen (secondary N) is 1. The summed E-state index contributed by atoms with van der Waals surface area (Å²) in [4.78, 5) is 19.7. The molecule has 106 valence electrons. The third kappa shape index (κ3) is 2.70. The summed E-state index contributed by atoms with van der Waals surface area (Å²) in [5.41, 5.74) is 1.43. The third-order valence-electron chi connectivity index (χ3n) is 3.01. The number of nitrogens with zero attached hydrogens (tertiary/aromatic N) is 1. The van der Waals surface area contributed by atoms with Gasteiger partial charge in [0.05, 0.1) is 9.21 Å². The molecule has 3 rings (SSSR count). The fourth-order valence-corrected chi connectivity index (χ4v) is 3.07. The summed E-state index contributed by atoms with van der Waals surface area (Å²) in [5.74, 6) is 0.0228. The van der Waals surface area contributed by atoms with Crippen LogP contribution < -0.4 is 5.56 Å². The third-order valence-corrected chi connectivity index (χ3v) is 4.25. The maximum atomic E-state index is 12.3. The van der Waals surface area contributed by atoms with Crippen LogP contribution in [0.25, 0.3) is 21.8 Å². The summed E-state index contributed by atoms with van der Waals surface area (Å²) in [5, 5.41) is 10.1. The number of hydrogen-bond donors (Lipinski definition) is 2. The smallest absolute Gasteiger partial charge is 0.262 e. The number of H-pyrrole nitrogens is 1. The van der Waals surface area contributed by atoms with Gasteiger partial charge < -0.3 is 10.1 Å². The lowest BCUT2D eigenvalue weighted by Crippen LogP contribution is -2.11. The van der Waals surface area contributed by atoms with Crippen molar-refractivity contribution in [3.8, 4) is 27.7 Å². The SMILES string of the molecule is Cc1cccc(-c2c(O)nc(-c3ccc(Cl)s3)[nH]c2=O)c1. The summed E-state index contributed by atoms with van der Waals surface area (Å²) >= 11 is 7.15. The fraction of sp³-hybridized carbons (Fsp3) is 0.0667. The van der Waals surface area contributed by atoms with Gasteiger partial charge in [-0.15, -0.1) is 11.3 Å². The minimum absolute atomic E-state index is 0.171. The van der Waals surface area contributed by atoms with Crippen LogP contribution in [0.4, 0.5) is 0 Å². The molecule has 2 N–H and O–H groups in total. The van der Waals surface area contributed by atoms with E-state index in [0.717, 1.165) is 5.56 Å². The van der Waals surface area contributed by atoms with Gasteiger partial charge in [0.25, 0.3) is 5.56 Å². The van der Waals surface area contributed by atoms with Gasteiger partial charge in [-0.25, -0.2) is 0 Å². The normalized spacial score (nSPS) is 10.8. The van der Waals surface area contributed by atoms with Gasteiger partial charge in [0.15, 0.2) is 5.82 Å². The van der Waals surface area contributed by atoms with Crippen LogP contribution in [0.15, 0.2) is 41.2 Å². The van der Waals surface area contributed by atoms with Crippen molar-refractivity contribution in [1.29, 1.82) is 0 Å². The molecule has 0 amide bonds. The standard InChI is InChI=1S/C15H11ClN2O2S/c1-8-3-2-4-9(7-8)12-14(19)17-13(18-15(12)20)10-5-6-11(16)21-10/h2-7H,1H3,(H2,17,18,19,20). The van der Waals surface area contributed by atoms with Gasteiger partial charge in [0.2, 0.25) is 5.88 Å². The fourth-order valence-electron chi connectivity index (χ4n) is 2.08. The Balaban J connectivity index is 2.15. The van der Waals surface area contributed by atoms with Gasteiger partial charge in [-0.2, -0.15) is 4.98 Å². The Hall–Kier alpha value is -2.11. The van der Waals surface area contributed by atoms with Crippen LogP contribution in [0.3, 0.4) is 0 Å². The molecular formula is C15H11ClN2O2S. The molecule has 2 heterocycles. The minimum atomic E-state index is -0.382. The van der Waals surface area contributed by atoms with Crippen LogP contribution in [0.5, 0.6) is 5.88 Å². The zero-order valence-electron chi connectivity index (χ0n) is 11.1. The number of aryl methyl sites for hydroxylation is 1. The molecule has 0 aliphatic heterocycles. The molecule has 4 nitrogen and oxygen atoms in total.